The normalized spacial score (nSPS) is 31.7. The van der Waals surface area contributed by atoms with Crippen molar-refractivity contribution in [3.8, 4) is 0 Å². The summed E-state index contributed by atoms with van der Waals surface area (Å²) in [6.45, 7) is 9.88. The summed E-state index contributed by atoms with van der Waals surface area (Å²) in [5, 5.41) is 7.10. The third kappa shape index (κ3) is 2.98. The Labute approximate surface area is 159 Å². The van der Waals surface area contributed by atoms with Gasteiger partial charge in [-0.3, -0.25) is 14.7 Å². The highest BCUT2D eigenvalue weighted by atomic mass is 16.5. The molecule has 2 saturated heterocycles. The van der Waals surface area contributed by atoms with Crippen molar-refractivity contribution in [1.82, 2.24) is 20.0 Å². The number of aromatic nitrogens is 2. The fourth-order valence-electron chi connectivity index (χ4n) is 4.70. The molecular formula is C20H28N4O3. The molecule has 4 atom stereocenters. The van der Waals surface area contributed by atoms with E-state index in [0.29, 0.717) is 19.6 Å². The van der Waals surface area contributed by atoms with Gasteiger partial charge in [0, 0.05) is 19.3 Å². The second-order valence-corrected chi connectivity index (χ2v) is 9.39. The maximum absolute atomic E-state index is 13.2. The van der Waals surface area contributed by atoms with Gasteiger partial charge in [-0.2, -0.15) is 5.10 Å². The lowest BCUT2D eigenvalue weighted by atomic mass is 9.76. The van der Waals surface area contributed by atoms with Crippen LogP contribution in [-0.2, 0) is 20.9 Å². The Hall–Kier alpha value is -2.15. The molecule has 0 radical (unpaired) electrons. The molecule has 3 aliphatic heterocycles. The topological polar surface area (TPSA) is 78.5 Å². The number of hydrogen-bond donors (Lipinski definition) is 1. The fourth-order valence-corrected chi connectivity index (χ4v) is 4.70. The number of amides is 2. The molecule has 0 aromatic carbocycles. The maximum Gasteiger partial charge on any atom is 0.230 e. The van der Waals surface area contributed by atoms with Gasteiger partial charge in [0.25, 0.3) is 0 Å². The van der Waals surface area contributed by atoms with E-state index in [2.05, 4.69) is 31.0 Å². The monoisotopic (exact) mass is 372 g/mol. The molecule has 4 rings (SSSR count). The van der Waals surface area contributed by atoms with E-state index >= 15 is 0 Å². The highest BCUT2D eigenvalue weighted by Gasteiger charge is 2.67. The van der Waals surface area contributed by atoms with Gasteiger partial charge in [-0.15, -0.1) is 0 Å². The van der Waals surface area contributed by atoms with E-state index < -0.39 is 17.4 Å². The first-order valence-corrected chi connectivity index (χ1v) is 9.51. The quantitative estimate of drug-likeness (QED) is 0.813. The van der Waals surface area contributed by atoms with Crippen LogP contribution in [0.1, 0.15) is 32.2 Å². The van der Waals surface area contributed by atoms with E-state index in [4.69, 9.17) is 4.74 Å². The van der Waals surface area contributed by atoms with Crippen LogP contribution in [0.15, 0.2) is 18.2 Å². The Morgan fingerprint density at radius 2 is 2.22 bits per heavy atom. The number of aryl methyl sites for hydroxylation is 1. The standard InChI is InChI=1S/C20H28N4O3/c1-12-8-13(22-21-12)9-23(5)17(25)15-14-6-7-20(27-14)11-24(10-19(2,3)4)18(26)16(15)20/h6-8,14-16H,9-11H2,1-5H3,(H,21,22)/t14-,15+,16+,20-/m0/s1. The van der Waals surface area contributed by atoms with E-state index in [9.17, 15) is 9.59 Å². The zero-order valence-corrected chi connectivity index (χ0v) is 16.7. The SMILES string of the molecule is Cc1cc(CN(C)C(=O)[C@@H]2[C@@H]3C=C[C@@]4(CN(CC(C)(C)C)C(=O)[C@@H]24)O3)n[nH]1. The number of aromatic amines is 1. The van der Waals surface area contributed by atoms with Crippen molar-refractivity contribution in [3.05, 3.63) is 29.6 Å². The van der Waals surface area contributed by atoms with Crippen molar-refractivity contribution in [2.24, 2.45) is 17.3 Å². The van der Waals surface area contributed by atoms with Crippen LogP contribution < -0.4 is 0 Å². The van der Waals surface area contributed by atoms with Gasteiger partial charge in [0.2, 0.25) is 11.8 Å². The van der Waals surface area contributed by atoms with Crippen molar-refractivity contribution in [3.63, 3.8) is 0 Å². The number of carbonyl (C=O) groups is 2. The number of fused-ring (bicyclic) bond motifs is 1. The Kier molecular flexibility index (Phi) is 4.00. The fraction of sp³-hybridized carbons (Fsp3) is 0.650. The summed E-state index contributed by atoms with van der Waals surface area (Å²) in [6.07, 6.45) is 3.65. The summed E-state index contributed by atoms with van der Waals surface area (Å²) in [6, 6.07) is 1.92. The number of rotatable bonds is 4. The van der Waals surface area contributed by atoms with E-state index in [1.165, 1.54) is 0 Å². The molecule has 146 valence electrons. The van der Waals surface area contributed by atoms with E-state index in [-0.39, 0.29) is 23.3 Å². The lowest BCUT2D eigenvalue weighted by Gasteiger charge is -2.29. The molecule has 0 saturated carbocycles. The molecule has 0 aliphatic carbocycles. The largest absolute Gasteiger partial charge is 0.360 e. The molecule has 2 bridgehead atoms. The van der Waals surface area contributed by atoms with Crippen LogP contribution in [-0.4, -0.2) is 63.7 Å². The van der Waals surface area contributed by atoms with Crippen molar-refractivity contribution in [1.29, 1.82) is 0 Å². The zero-order chi connectivity index (χ0) is 19.6. The van der Waals surface area contributed by atoms with Crippen LogP contribution >= 0.6 is 0 Å². The Morgan fingerprint density at radius 1 is 1.48 bits per heavy atom. The van der Waals surface area contributed by atoms with Crippen molar-refractivity contribution in [2.45, 2.75) is 45.9 Å². The number of ether oxygens (including phenoxy) is 1. The number of nitrogens with zero attached hydrogens (tertiary/aromatic N) is 3. The Balaban J connectivity index is 1.54. The summed E-state index contributed by atoms with van der Waals surface area (Å²) in [5.41, 5.74) is 1.13. The molecule has 4 heterocycles. The minimum atomic E-state index is -0.642. The molecule has 0 unspecified atom stereocenters. The molecule has 2 fully saturated rings. The van der Waals surface area contributed by atoms with Gasteiger partial charge >= 0.3 is 0 Å². The van der Waals surface area contributed by atoms with Gasteiger partial charge in [0.15, 0.2) is 0 Å². The van der Waals surface area contributed by atoms with Crippen molar-refractivity contribution < 1.29 is 14.3 Å². The molecule has 1 aromatic heterocycles. The molecule has 3 aliphatic rings. The maximum atomic E-state index is 13.2. The summed E-state index contributed by atoms with van der Waals surface area (Å²) in [7, 11) is 1.76. The smallest absolute Gasteiger partial charge is 0.230 e. The molecule has 1 N–H and O–H groups in total. The van der Waals surface area contributed by atoms with Gasteiger partial charge in [-0.05, 0) is 18.4 Å². The number of hydrogen-bond acceptors (Lipinski definition) is 4. The minimum absolute atomic E-state index is 0.000760. The van der Waals surface area contributed by atoms with Gasteiger partial charge < -0.3 is 14.5 Å². The third-order valence-electron chi connectivity index (χ3n) is 5.66. The summed E-state index contributed by atoms with van der Waals surface area (Å²) >= 11 is 0. The van der Waals surface area contributed by atoms with Crippen LogP contribution in [0.5, 0.6) is 0 Å². The molecule has 27 heavy (non-hydrogen) atoms. The minimum Gasteiger partial charge on any atom is -0.360 e. The number of H-pyrrole nitrogens is 1. The Bertz CT molecular complexity index is 808. The molecule has 7 heteroatoms. The van der Waals surface area contributed by atoms with Crippen LogP contribution in [0.4, 0.5) is 0 Å². The summed E-state index contributed by atoms with van der Waals surface area (Å²) < 4.78 is 6.19. The van der Waals surface area contributed by atoms with Gasteiger partial charge in [0.05, 0.1) is 36.7 Å². The highest BCUT2D eigenvalue weighted by molar-refractivity contribution is 5.93. The molecule has 7 nitrogen and oxygen atoms in total. The number of likely N-dealkylation sites (tertiary alicyclic amines) is 1. The highest BCUT2D eigenvalue weighted by Crippen LogP contribution is 2.52. The predicted octanol–water partition coefficient (Wildman–Crippen LogP) is 1.50. The van der Waals surface area contributed by atoms with Crippen LogP contribution in [0.3, 0.4) is 0 Å². The molecule has 1 spiro atoms. The second kappa shape index (κ2) is 5.92. The van der Waals surface area contributed by atoms with Crippen molar-refractivity contribution >= 4 is 11.8 Å². The molecular weight excluding hydrogens is 344 g/mol. The summed E-state index contributed by atoms with van der Waals surface area (Å²) in [5.74, 6) is -0.898. The molecule has 2 amide bonds. The first kappa shape index (κ1) is 18.2. The second-order valence-electron chi connectivity index (χ2n) is 9.39. The van der Waals surface area contributed by atoms with Gasteiger partial charge in [-0.1, -0.05) is 32.9 Å². The van der Waals surface area contributed by atoms with Crippen LogP contribution in [0.2, 0.25) is 0 Å². The first-order chi connectivity index (χ1) is 12.6. The lowest BCUT2D eigenvalue weighted by molar-refractivity contribution is -0.143. The van der Waals surface area contributed by atoms with E-state index in [0.717, 1.165) is 11.4 Å². The average Bonchev–Trinajstić information content (AvgIpc) is 3.28. The average molecular weight is 372 g/mol. The van der Waals surface area contributed by atoms with E-state index in [1.54, 1.807) is 11.9 Å². The van der Waals surface area contributed by atoms with Gasteiger partial charge in [-0.25, -0.2) is 0 Å². The number of nitrogens with one attached hydrogen (secondary N) is 1. The summed E-state index contributed by atoms with van der Waals surface area (Å²) in [4.78, 5) is 29.9. The molecule has 1 aromatic rings. The van der Waals surface area contributed by atoms with Gasteiger partial charge in [0.1, 0.15) is 5.60 Å². The van der Waals surface area contributed by atoms with Crippen molar-refractivity contribution in [2.75, 3.05) is 20.1 Å². The van der Waals surface area contributed by atoms with Crippen LogP contribution in [0.25, 0.3) is 0 Å². The van der Waals surface area contributed by atoms with Crippen LogP contribution in [0, 0.1) is 24.2 Å². The zero-order valence-electron chi connectivity index (χ0n) is 16.7. The van der Waals surface area contributed by atoms with E-state index in [1.807, 2.05) is 30.0 Å². The third-order valence-corrected chi connectivity index (χ3v) is 5.66. The predicted molar refractivity (Wildman–Crippen MR) is 99.6 cm³/mol. The number of carbonyl (C=O) groups excluding carboxylic acids is 2. The first-order valence-electron chi connectivity index (χ1n) is 9.51. The lowest BCUT2D eigenvalue weighted by Crippen LogP contribution is -2.45. The Morgan fingerprint density at radius 3 is 2.85 bits per heavy atom.